The summed E-state index contributed by atoms with van der Waals surface area (Å²) in [4.78, 5) is 4.35. The van der Waals surface area contributed by atoms with Gasteiger partial charge in [0, 0.05) is 13.0 Å². The van der Waals surface area contributed by atoms with Crippen molar-refractivity contribution in [2.45, 2.75) is 39.2 Å². The molecular formula is C12H21N3O2. The number of hydrogen-bond donors (Lipinski definition) is 1. The summed E-state index contributed by atoms with van der Waals surface area (Å²) < 4.78 is 10.5. The highest BCUT2D eigenvalue weighted by Crippen LogP contribution is 2.14. The summed E-state index contributed by atoms with van der Waals surface area (Å²) in [5.74, 6) is 2.05. The van der Waals surface area contributed by atoms with Crippen LogP contribution < -0.4 is 5.32 Å². The second kappa shape index (κ2) is 6.71. The number of rotatable bonds is 6. The van der Waals surface area contributed by atoms with Crippen LogP contribution in [0.15, 0.2) is 4.52 Å². The topological polar surface area (TPSA) is 60.2 Å². The average Bonchev–Trinajstić information content (AvgIpc) is 2.79. The lowest BCUT2D eigenvalue weighted by molar-refractivity contribution is 0.0981. The highest BCUT2D eigenvalue weighted by Gasteiger charge is 2.16. The summed E-state index contributed by atoms with van der Waals surface area (Å²) in [6.45, 7) is 5.46. The Morgan fingerprint density at radius 3 is 3.24 bits per heavy atom. The molecule has 1 unspecified atom stereocenters. The quantitative estimate of drug-likeness (QED) is 0.763. The summed E-state index contributed by atoms with van der Waals surface area (Å²) in [7, 11) is 0. The minimum atomic E-state index is 0.434. The monoisotopic (exact) mass is 239 g/mol. The van der Waals surface area contributed by atoms with Crippen LogP contribution in [0.2, 0.25) is 0 Å². The van der Waals surface area contributed by atoms with E-state index in [9.17, 15) is 0 Å². The molecule has 1 saturated heterocycles. The van der Waals surface area contributed by atoms with Crippen LogP contribution in [0, 0.1) is 5.92 Å². The Balaban J connectivity index is 1.76. The summed E-state index contributed by atoms with van der Waals surface area (Å²) in [6, 6.07) is 0. The fourth-order valence-electron chi connectivity index (χ4n) is 2.09. The molecule has 0 saturated carbocycles. The molecule has 1 fully saturated rings. The van der Waals surface area contributed by atoms with Crippen LogP contribution in [0.25, 0.3) is 0 Å². The molecule has 0 bridgehead atoms. The van der Waals surface area contributed by atoms with Crippen LogP contribution in [0.5, 0.6) is 0 Å². The molecule has 0 amide bonds. The summed E-state index contributed by atoms with van der Waals surface area (Å²) in [6.07, 6.45) is 4.41. The molecule has 1 aliphatic heterocycles. The van der Waals surface area contributed by atoms with Crippen molar-refractivity contribution in [1.82, 2.24) is 15.5 Å². The molecule has 0 aromatic carbocycles. The smallest absolute Gasteiger partial charge is 0.252 e. The van der Waals surface area contributed by atoms with E-state index in [0.29, 0.717) is 18.4 Å². The van der Waals surface area contributed by atoms with Gasteiger partial charge in [-0.3, -0.25) is 0 Å². The van der Waals surface area contributed by atoms with Crippen molar-refractivity contribution in [2.24, 2.45) is 5.92 Å². The molecule has 1 atom stereocenters. The molecule has 2 heterocycles. The summed E-state index contributed by atoms with van der Waals surface area (Å²) in [5.41, 5.74) is 0. The molecule has 1 N–H and O–H groups in total. The number of hydrogen-bond acceptors (Lipinski definition) is 5. The molecule has 0 spiro atoms. The Morgan fingerprint density at radius 1 is 1.53 bits per heavy atom. The van der Waals surface area contributed by atoms with Gasteiger partial charge in [-0.1, -0.05) is 12.1 Å². The first-order valence-corrected chi connectivity index (χ1v) is 6.48. The minimum Gasteiger partial charge on any atom is -0.372 e. The molecule has 17 heavy (non-hydrogen) atoms. The van der Waals surface area contributed by atoms with Gasteiger partial charge in [-0.25, -0.2) is 0 Å². The van der Waals surface area contributed by atoms with Gasteiger partial charge < -0.3 is 14.6 Å². The van der Waals surface area contributed by atoms with Crippen molar-refractivity contribution in [3.8, 4) is 0 Å². The van der Waals surface area contributed by atoms with Crippen molar-refractivity contribution < 1.29 is 9.26 Å². The Hall–Kier alpha value is -0.940. The fourth-order valence-corrected chi connectivity index (χ4v) is 2.09. The molecule has 96 valence electrons. The molecule has 0 aliphatic carbocycles. The van der Waals surface area contributed by atoms with E-state index >= 15 is 0 Å². The Kier molecular flexibility index (Phi) is 4.94. The second-order valence-electron chi connectivity index (χ2n) is 4.57. The zero-order valence-electron chi connectivity index (χ0n) is 10.4. The van der Waals surface area contributed by atoms with Crippen LogP contribution in [0.3, 0.4) is 0 Å². The van der Waals surface area contributed by atoms with Gasteiger partial charge in [0.1, 0.15) is 6.61 Å². The van der Waals surface area contributed by atoms with E-state index in [1.807, 2.05) is 0 Å². The van der Waals surface area contributed by atoms with Crippen molar-refractivity contribution >= 4 is 0 Å². The van der Waals surface area contributed by atoms with E-state index in [-0.39, 0.29) is 0 Å². The molecule has 1 aromatic rings. The van der Waals surface area contributed by atoms with Crippen molar-refractivity contribution in [1.29, 1.82) is 0 Å². The van der Waals surface area contributed by atoms with Gasteiger partial charge >= 0.3 is 0 Å². The largest absolute Gasteiger partial charge is 0.372 e. The first kappa shape index (κ1) is 12.5. The maximum atomic E-state index is 5.36. The lowest BCUT2D eigenvalue weighted by Crippen LogP contribution is -2.31. The maximum Gasteiger partial charge on any atom is 0.252 e. The molecule has 5 nitrogen and oxygen atoms in total. The lowest BCUT2D eigenvalue weighted by atomic mass is 9.96. The van der Waals surface area contributed by atoms with E-state index in [2.05, 4.69) is 22.4 Å². The van der Waals surface area contributed by atoms with Gasteiger partial charge in [0.2, 0.25) is 0 Å². The molecule has 5 heteroatoms. The molecule has 0 radical (unpaired) electrons. The third kappa shape index (κ3) is 4.09. The van der Waals surface area contributed by atoms with Crippen molar-refractivity contribution in [3.63, 3.8) is 0 Å². The highest BCUT2D eigenvalue weighted by atomic mass is 16.5. The zero-order chi connectivity index (χ0) is 11.9. The number of nitrogens with one attached hydrogen (secondary N) is 1. The third-order valence-electron chi connectivity index (χ3n) is 2.95. The SMILES string of the molecule is CCCOCc1nc(CC2CCCNC2)no1. The van der Waals surface area contributed by atoms with Gasteiger partial charge in [-0.05, 0) is 38.3 Å². The molecule has 1 aromatic heterocycles. The van der Waals surface area contributed by atoms with Gasteiger partial charge in [-0.15, -0.1) is 0 Å². The average molecular weight is 239 g/mol. The van der Waals surface area contributed by atoms with Crippen LogP contribution in [0.4, 0.5) is 0 Å². The van der Waals surface area contributed by atoms with E-state index in [1.54, 1.807) is 0 Å². The predicted octanol–water partition coefficient (Wildman–Crippen LogP) is 1.54. The van der Waals surface area contributed by atoms with Gasteiger partial charge in [0.15, 0.2) is 5.82 Å². The number of aromatic nitrogens is 2. The molecule has 1 aliphatic rings. The van der Waals surface area contributed by atoms with Crippen molar-refractivity contribution in [3.05, 3.63) is 11.7 Å². The predicted molar refractivity (Wildman–Crippen MR) is 63.5 cm³/mol. The number of piperidine rings is 1. The fraction of sp³-hybridized carbons (Fsp3) is 0.833. The Bertz CT molecular complexity index is 321. The lowest BCUT2D eigenvalue weighted by Gasteiger charge is -2.20. The highest BCUT2D eigenvalue weighted by molar-refractivity contribution is 4.88. The maximum absolute atomic E-state index is 5.36. The molecular weight excluding hydrogens is 218 g/mol. The van der Waals surface area contributed by atoms with Crippen LogP contribution >= 0.6 is 0 Å². The molecule has 2 rings (SSSR count). The third-order valence-corrected chi connectivity index (χ3v) is 2.95. The zero-order valence-corrected chi connectivity index (χ0v) is 10.4. The van der Waals surface area contributed by atoms with Gasteiger partial charge in [0.05, 0.1) is 0 Å². The summed E-state index contributed by atoms with van der Waals surface area (Å²) >= 11 is 0. The first-order chi connectivity index (χ1) is 8.38. The first-order valence-electron chi connectivity index (χ1n) is 6.48. The van der Waals surface area contributed by atoms with E-state index in [4.69, 9.17) is 9.26 Å². The van der Waals surface area contributed by atoms with Crippen LogP contribution in [0.1, 0.15) is 37.9 Å². The Morgan fingerprint density at radius 2 is 2.47 bits per heavy atom. The number of nitrogens with zero attached hydrogens (tertiary/aromatic N) is 2. The standard InChI is InChI=1S/C12H21N3O2/c1-2-6-16-9-12-14-11(15-17-12)7-10-4-3-5-13-8-10/h10,13H,2-9H2,1H3. The van der Waals surface area contributed by atoms with E-state index < -0.39 is 0 Å². The van der Waals surface area contributed by atoms with E-state index in [1.165, 1.54) is 12.8 Å². The van der Waals surface area contributed by atoms with Crippen LogP contribution in [-0.2, 0) is 17.8 Å². The Labute approximate surface area is 102 Å². The van der Waals surface area contributed by atoms with E-state index in [0.717, 1.165) is 38.4 Å². The van der Waals surface area contributed by atoms with Gasteiger partial charge in [-0.2, -0.15) is 4.98 Å². The van der Waals surface area contributed by atoms with Gasteiger partial charge in [0.25, 0.3) is 5.89 Å². The second-order valence-corrected chi connectivity index (χ2v) is 4.57. The minimum absolute atomic E-state index is 0.434. The van der Waals surface area contributed by atoms with Crippen LogP contribution in [-0.4, -0.2) is 29.8 Å². The summed E-state index contributed by atoms with van der Waals surface area (Å²) in [5, 5.41) is 7.39. The number of ether oxygens (including phenoxy) is 1. The van der Waals surface area contributed by atoms with Crippen molar-refractivity contribution in [2.75, 3.05) is 19.7 Å². The normalized spacial score (nSPS) is 20.6.